The molecular formula is C15H15ClS. The molecule has 0 aliphatic carbocycles. The minimum atomic E-state index is 0.592. The summed E-state index contributed by atoms with van der Waals surface area (Å²) >= 11 is 7.65. The minimum Gasteiger partial charge on any atom is -0.126 e. The summed E-state index contributed by atoms with van der Waals surface area (Å²) < 4.78 is 0. The smallest absolute Gasteiger partial charge is 0.0474 e. The quantitative estimate of drug-likeness (QED) is 0.553. The number of alkyl halides is 1. The molecule has 2 heteroatoms. The number of hydrogen-bond acceptors (Lipinski definition) is 1. The van der Waals surface area contributed by atoms with Gasteiger partial charge in [0.15, 0.2) is 0 Å². The summed E-state index contributed by atoms with van der Waals surface area (Å²) in [7, 11) is 0. The summed E-state index contributed by atoms with van der Waals surface area (Å²) in [5.41, 5.74) is 2.58. The van der Waals surface area contributed by atoms with Crippen molar-refractivity contribution in [3.8, 4) is 0 Å². The molecule has 88 valence electrons. The molecular weight excluding hydrogens is 248 g/mol. The molecule has 17 heavy (non-hydrogen) atoms. The van der Waals surface area contributed by atoms with E-state index in [9.17, 15) is 0 Å². The highest BCUT2D eigenvalue weighted by atomic mass is 35.5. The normalized spacial score (nSPS) is 10.4. The van der Waals surface area contributed by atoms with Crippen molar-refractivity contribution < 1.29 is 0 Å². The van der Waals surface area contributed by atoms with Crippen LogP contribution in [0.15, 0.2) is 59.5 Å². The van der Waals surface area contributed by atoms with E-state index < -0.39 is 0 Å². The van der Waals surface area contributed by atoms with Gasteiger partial charge in [-0.25, -0.2) is 0 Å². The maximum atomic E-state index is 5.76. The van der Waals surface area contributed by atoms with Crippen molar-refractivity contribution in [2.45, 2.75) is 17.2 Å². The molecule has 0 radical (unpaired) electrons. The van der Waals surface area contributed by atoms with E-state index in [1.54, 1.807) is 0 Å². The zero-order valence-corrected chi connectivity index (χ0v) is 11.2. The fourth-order valence-electron chi connectivity index (χ4n) is 1.61. The van der Waals surface area contributed by atoms with Gasteiger partial charge in [0, 0.05) is 16.5 Å². The van der Waals surface area contributed by atoms with Crippen LogP contribution < -0.4 is 0 Å². The topological polar surface area (TPSA) is 0 Å². The van der Waals surface area contributed by atoms with Crippen molar-refractivity contribution in [2.75, 3.05) is 5.75 Å². The van der Waals surface area contributed by atoms with Crippen LogP contribution >= 0.6 is 23.4 Å². The molecule has 0 N–H and O–H groups in total. The first kappa shape index (κ1) is 12.5. The first-order chi connectivity index (χ1) is 8.38. The van der Waals surface area contributed by atoms with E-state index >= 15 is 0 Å². The zero-order chi connectivity index (χ0) is 11.9. The van der Waals surface area contributed by atoms with Gasteiger partial charge in [0.2, 0.25) is 0 Å². The van der Waals surface area contributed by atoms with Crippen LogP contribution in [-0.2, 0) is 12.3 Å². The molecule has 2 aromatic rings. The minimum absolute atomic E-state index is 0.592. The van der Waals surface area contributed by atoms with Crippen LogP contribution in [0, 0.1) is 0 Å². The van der Waals surface area contributed by atoms with Gasteiger partial charge in [0.25, 0.3) is 0 Å². The third-order valence-corrected chi connectivity index (χ3v) is 3.90. The van der Waals surface area contributed by atoms with Crippen molar-refractivity contribution in [3.63, 3.8) is 0 Å². The Balaban J connectivity index is 1.82. The van der Waals surface area contributed by atoms with E-state index in [-0.39, 0.29) is 0 Å². The standard InChI is InChI=1S/C15H15ClS/c16-12-14-6-8-15(9-7-14)17-11-10-13-4-2-1-3-5-13/h1-9H,10-12H2. The second kappa shape index (κ2) is 6.73. The van der Waals surface area contributed by atoms with Gasteiger partial charge < -0.3 is 0 Å². The predicted octanol–water partition coefficient (Wildman–Crippen LogP) is 4.76. The third kappa shape index (κ3) is 4.10. The van der Waals surface area contributed by atoms with E-state index in [0.717, 1.165) is 12.2 Å². The fourth-order valence-corrected chi connectivity index (χ4v) is 2.69. The second-order valence-corrected chi connectivity index (χ2v) is 5.30. The summed E-state index contributed by atoms with van der Waals surface area (Å²) in [6, 6.07) is 19.1. The Morgan fingerprint density at radius 2 is 1.53 bits per heavy atom. The zero-order valence-electron chi connectivity index (χ0n) is 9.60. The van der Waals surface area contributed by atoms with E-state index in [2.05, 4.69) is 54.6 Å². The van der Waals surface area contributed by atoms with E-state index in [1.807, 2.05) is 11.8 Å². The highest BCUT2D eigenvalue weighted by Crippen LogP contribution is 2.20. The molecule has 0 nitrogen and oxygen atoms in total. The van der Waals surface area contributed by atoms with Crippen LogP contribution in [0.1, 0.15) is 11.1 Å². The van der Waals surface area contributed by atoms with Gasteiger partial charge in [0.1, 0.15) is 0 Å². The van der Waals surface area contributed by atoms with E-state index in [4.69, 9.17) is 11.6 Å². The van der Waals surface area contributed by atoms with Gasteiger partial charge in [-0.1, -0.05) is 42.5 Å². The third-order valence-electron chi connectivity index (χ3n) is 2.58. The van der Waals surface area contributed by atoms with Crippen molar-refractivity contribution >= 4 is 23.4 Å². The summed E-state index contributed by atoms with van der Waals surface area (Å²) in [5.74, 6) is 1.71. The van der Waals surface area contributed by atoms with E-state index in [0.29, 0.717) is 5.88 Å². The van der Waals surface area contributed by atoms with Crippen molar-refractivity contribution in [3.05, 3.63) is 65.7 Å². The van der Waals surface area contributed by atoms with Crippen molar-refractivity contribution in [2.24, 2.45) is 0 Å². The van der Waals surface area contributed by atoms with Crippen LogP contribution in [-0.4, -0.2) is 5.75 Å². The number of rotatable bonds is 5. The first-order valence-electron chi connectivity index (χ1n) is 5.70. The highest BCUT2D eigenvalue weighted by Gasteiger charge is 1.96. The molecule has 0 aliphatic heterocycles. The molecule has 0 unspecified atom stereocenters. The second-order valence-electron chi connectivity index (χ2n) is 3.86. The van der Waals surface area contributed by atoms with Crippen LogP contribution in [0.4, 0.5) is 0 Å². The Bertz CT molecular complexity index is 436. The Morgan fingerprint density at radius 3 is 2.18 bits per heavy atom. The van der Waals surface area contributed by atoms with Crippen LogP contribution in [0.25, 0.3) is 0 Å². The average molecular weight is 263 g/mol. The molecule has 0 heterocycles. The maximum absolute atomic E-state index is 5.76. The molecule has 0 amide bonds. The fraction of sp³-hybridized carbons (Fsp3) is 0.200. The van der Waals surface area contributed by atoms with Crippen LogP contribution in [0.3, 0.4) is 0 Å². The molecule has 0 saturated carbocycles. The lowest BCUT2D eigenvalue weighted by Crippen LogP contribution is -1.87. The van der Waals surface area contributed by atoms with Crippen molar-refractivity contribution in [1.29, 1.82) is 0 Å². The SMILES string of the molecule is ClCc1ccc(SCCc2ccccc2)cc1. The average Bonchev–Trinajstić information content (AvgIpc) is 2.41. The first-order valence-corrected chi connectivity index (χ1v) is 7.22. The molecule has 0 fully saturated rings. The Hall–Kier alpha value is -0.920. The molecule has 0 bridgehead atoms. The Labute approximate surface area is 112 Å². The van der Waals surface area contributed by atoms with Gasteiger partial charge in [0.05, 0.1) is 0 Å². The van der Waals surface area contributed by atoms with Gasteiger partial charge in [-0.3, -0.25) is 0 Å². The molecule has 0 atom stereocenters. The Morgan fingerprint density at radius 1 is 0.824 bits per heavy atom. The lowest BCUT2D eigenvalue weighted by molar-refractivity contribution is 1.15. The number of halogens is 1. The predicted molar refractivity (Wildman–Crippen MR) is 76.9 cm³/mol. The molecule has 2 rings (SSSR count). The molecule has 0 aromatic heterocycles. The van der Waals surface area contributed by atoms with Gasteiger partial charge >= 0.3 is 0 Å². The van der Waals surface area contributed by atoms with Crippen LogP contribution in [0.2, 0.25) is 0 Å². The summed E-state index contributed by atoms with van der Waals surface area (Å²) in [6.45, 7) is 0. The number of aryl methyl sites for hydroxylation is 1. The Kier molecular flexibility index (Phi) is 4.96. The van der Waals surface area contributed by atoms with Gasteiger partial charge in [-0.05, 0) is 29.7 Å². The molecule has 0 saturated heterocycles. The molecule has 2 aromatic carbocycles. The lowest BCUT2D eigenvalue weighted by Gasteiger charge is -2.03. The number of thioether (sulfide) groups is 1. The number of hydrogen-bond donors (Lipinski definition) is 0. The largest absolute Gasteiger partial charge is 0.126 e. The van der Waals surface area contributed by atoms with Gasteiger partial charge in [-0.15, -0.1) is 23.4 Å². The van der Waals surface area contributed by atoms with Crippen molar-refractivity contribution in [1.82, 2.24) is 0 Å². The number of benzene rings is 2. The summed E-state index contributed by atoms with van der Waals surface area (Å²) in [5, 5.41) is 0. The van der Waals surface area contributed by atoms with E-state index in [1.165, 1.54) is 16.0 Å². The summed E-state index contributed by atoms with van der Waals surface area (Å²) in [4.78, 5) is 1.31. The maximum Gasteiger partial charge on any atom is 0.0474 e. The molecule has 0 spiro atoms. The molecule has 0 aliphatic rings. The highest BCUT2D eigenvalue weighted by molar-refractivity contribution is 7.99. The van der Waals surface area contributed by atoms with Gasteiger partial charge in [-0.2, -0.15) is 0 Å². The van der Waals surface area contributed by atoms with Crippen LogP contribution in [0.5, 0.6) is 0 Å². The monoisotopic (exact) mass is 262 g/mol. The lowest BCUT2D eigenvalue weighted by atomic mass is 10.2. The summed E-state index contributed by atoms with van der Waals surface area (Å²) in [6.07, 6.45) is 1.11.